The van der Waals surface area contributed by atoms with Crippen molar-refractivity contribution in [3.8, 4) is 0 Å². The molecule has 4 aliphatic rings. The van der Waals surface area contributed by atoms with Crippen molar-refractivity contribution in [3.63, 3.8) is 0 Å². The lowest BCUT2D eigenvalue weighted by Crippen LogP contribution is -2.63. The van der Waals surface area contributed by atoms with Gasteiger partial charge in [0.25, 0.3) is 0 Å². The maximum atomic E-state index is 13.5. The van der Waals surface area contributed by atoms with Gasteiger partial charge in [-0.25, -0.2) is 4.79 Å². The summed E-state index contributed by atoms with van der Waals surface area (Å²) in [7, 11) is 0. The number of carbonyl (C=O) groups is 1. The first-order valence-corrected chi connectivity index (χ1v) is 16.0. The molecule has 4 fully saturated rings. The van der Waals surface area contributed by atoms with E-state index in [0.717, 1.165) is 54.7 Å². The Balaban J connectivity index is 1.24. The Labute approximate surface area is 273 Å². The van der Waals surface area contributed by atoms with Gasteiger partial charge in [-0.1, -0.05) is 59.6 Å². The number of nitrogens with zero attached hydrogens (tertiary/aromatic N) is 2. The van der Waals surface area contributed by atoms with Crippen molar-refractivity contribution in [3.05, 3.63) is 105 Å². The zero-order valence-electron chi connectivity index (χ0n) is 24.9. The van der Waals surface area contributed by atoms with Crippen molar-refractivity contribution in [1.82, 2.24) is 4.90 Å². The molecule has 4 saturated heterocycles. The van der Waals surface area contributed by atoms with Crippen LogP contribution in [0.1, 0.15) is 53.5 Å². The van der Waals surface area contributed by atoms with Crippen LogP contribution in [0, 0.1) is 5.41 Å². The number of alkyl halides is 6. The topological polar surface area (TPSA) is 29.5 Å². The third kappa shape index (κ3) is 6.71. The van der Waals surface area contributed by atoms with E-state index < -0.39 is 41.7 Å². The predicted octanol–water partition coefficient (Wildman–Crippen LogP) is 9.51. The Morgan fingerprint density at radius 3 is 1.96 bits per heavy atom. The number of hydrogen-bond acceptors (Lipinski definition) is 2. The highest BCUT2D eigenvalue weighted by Crippen LogP contribution is 2.48. The van der Waals surface area contributed by atoms with Gasteiger partial charge in [0.15, 0.2) is 5.60 Å². The molecule has 2 bridgehead atoms. The van der Waals surface area contributed by atoms with E-state index in [2.05, 4.69) is 24.3 Å². The number of cyclic esters (lactones) is 1. The molecule has 1 unspecified atom stereocenters. The number of piperidine rings is 3. The van der Waals surface area contributed by atoms with E-state index in [-0.39, 0.29) is 28.6 Å². The summed E-state index contributed by atoms with van der Waals surface area (Å²) in [6.45, 7) is 3.06. The standard InChI is InChI=1S/C34H33Cl2F6N2O2/c35-28-7-6-25(19-29(28)36)32(11-15-44-12-8-31(9-13-44,10-14-44)20-23-4-2-1-3-5-23)22-43(30(45)46-32)21-24-16-26(33(37,38)39)18-27(17-24)34(40,41)42/h1-7,16-19H,8-15,20-22H2/q+1. The molecular weight excluding hydrogens is 653 g/mol. The molecule has 3 aromatic carbocycles. The van der Waals surface area contributed by atoms with Gasteiger partial charge in [0.05, 0.1) is 53.9 Å². The van der Waals surface area contributed by atoms with Crippen LogP contribution in [0.5, 0.6) is 0 Å². The molecule has 1 atom stereocenters. The molecule has 0 saturated carbocycles. The normalized spacial score (nSPS) is 26.4. The third-order valence-electron chi connectivity index (χ3n) is 10.2. The molecule has 7 rings (SSSR count). The Kier molecular flexibility index (Phi) is 8.55. The van der Waals surface area contributed by atoms with Gasteiger partial charge in [-0.05, 0) is 58.9 Å². The van der Waals surface area contributed by atoms with Crippen LogP contribution >= 0.6 is 23.2 Å². The second-order valence-corrected chi connectivity index (χ2v) is 14.0. The molecule has 1 amide bonds. The van der Waals surface area contributed by atoms with Gasteiger partial charge < -0.3 is 9.22 Å². The Morgan fingerprint density at radius 1 is 0.783 bits per heavy atom. The van der Waals surface area contributed by atoms with Crippen LogP contribution in [0.3, 0.4) is 0 Å². The molecule has 0 spiro atoms. The molecule has 3 aromatic rings. The maximum absolute atomic E-state index is 13.5. The Bertz CT molecular complexity index is 1560. The molecule has 46 heavy (non-hydrogen) atoms. The fourth-order valence-corrected chi connectivity index (χ4v) is 7.77. The Hall–Kier alpha value is -2.95. The number of benzene rings is 3. The summed E-state index contributed by atoms with van der Waals surface area (Å²) >= 11 is 12.5. The van der Waals surface area contributed by atoms with Crippen LogP contribution in [-0.2, 0) is 35.7 Å². The number of ether oxygens (including phenoxy) is 1. The molecule has 0 aliphatic carbocycles. The molecule has 246 valence electrons. The summed E-state index contributed by atoms with van der Waals surface area (Å²) in [5.74, 6) is 0. The molecule has 0 radical (unpaired) electrons. The van der Waals surface area contributed by atoms with E-state index in [1.54, 1.807) is 18.2 Å². The SMILES string of the molecule is O=C1OC(CC[N+]23CCC(Cc4ccccc4)(CC2)CC3)(c2ccc(Cl)c(Cl)c2)CN1Cc1cc(C(F)(F)F)cc(C(F)(F)F)c1. The van der Waals surface area contributed by atoms with Crippen LogP contribution in [-0.4, -0.2) is 48.2 Å². The van der Waals surface area contributed by atoms with Crippen molar-refractivity contribution in [2.24, 2.45) is 5.41 Å². The molecular formula is C34H33Cl2F6N2O2+. The number of quaternary nitrogens is 1. The van der Waals surface area contributed by atoms with Crippen LogP contribution < -0.4 is 0 Å². The first kappa shape index (κ1) is 33.0. The zero-order chi connectivity index (χ0) is 33.0. The number of fused-ring (bicyclic) bond motifs is 3. The number of hydrogen-bond donors (Lipinski definition) is 0. The summed E-state index contributed by atoms with van der Waals surface area (Å²) in [6, 6.07) is 16.8. The third-order valence-corrected chi connectivity index (χ3v) is 11.0. The molecule has 12 heteroatoms. The van der Waals surface area contributed by atoms with Crippen LogP contribution in [0.2, 0.25) is 10.0 Å². The minimum Gasteiger partial charge on any atom is -0.436 e. The number of amides is 1. The Morgan fingerprint density at radius 2 is 1.39 bits per heavy atom. The molecule has 4 heterocycles. The minimum atomic E-state index is -5.00. The van der Waals surface area contributed by atoms with E-state index >= 15 is 0 Å². The molecule has 0 N–H and O–H groups in total. The van der Waals surface area contributed by atoms with Gasteiger partial charge >= 0.3 is 18.4 Å². The van der Waals surface area contributed by atoms with Crippen molar-refractivity contribution in [2.45, 2.75) is 56.6 Å². The van der Waals surface area contributed by atoms with Crippen molar-refractivity contribution < 1.29 is 40.4 Å². The monoisotopic (exact) mass is 685 g/mol. The van der Waals surface area contributed by atoms with E-state index in [4.69, 9.17) is 27.9 Å². The van der Waals surface area contributed by atoms with Gasteiger partial charge in [0, 0.05) is 32.2 Å². The van der Waals surface area contributed by atoms with Gasteiger partial charge in [-0.3, -0.25) is 4.90 Å². The number of halogens is 8. The largest absolute Gasteiger partial charge is 0.436 e. The fraction of sp³-hybridized carbons (Fsp3) is 0.441. The van der Waals surface area contributed by atoms with Gasteiger partial charge in [0.1, 0.15) is 0 Å². The predicted molar refractivity (Wildman–Crippen MR) is 162 cm³/mol. The lowest BCUT2D eigenvalue weighted by molar-refractivity contribution is -0.946. The van der Waals surface area contributed by atoms with Crippen LogP contribution in [0.15, 0.2) is 66.7 Å². The van der Waals surface area contributed by atoms with E-state index in [9.17, 15) is 31.1 Å². The molecule has 4 aliphatic heterocycles. The summed E-state index contributed by atoms with van der Waals surface area (Å²) in [5.41, 5.74) is -2.22. The highest BCUT2D eigenvalue weighted by atomic mass is 35.5. The first-order chi connectivity index (χ1) is 21.6. The van der Waals surface area contributed by atoms with Gasteiger partial charge in [-0.2, -0.15) is 26.3 Å². The van der Waals surface area contributed by atoms with E-state index in [1.165, 1.54) is 5.56 Å². The summed E-state index contributed by atoms with van der Waals surface area (Å²) in [5, 5.41) is 0.545. The number of rotatable bonds is 8. The second-order valence-electron chi connectivity index (χ2n) is 13.2. The van der Waals surface area contributed by atoms with Crippen molar-refractivity contribution in [1.29, 1.82) is 0 Å². The minimum absolute atomic E-state index is 0.0701. The summed E-state index contributed by atoms with van der Waals surface area (Å²) in [6.07, 6.45) is -6.16. The summed E-state index contributed by atoms with van der Waals surface area (Å²) < 4.78 is 88.1. The smallest absolute Gasteiger partial charge is 0.416 e. The van der Waals surface area contributed by atoms with Gasteiger partial charge in [0.2, 0.25) is 0 Å². The quantitative estimate of drug-likeness (QED) is 0.175. The maximum Gasteiger partial charge on any atom is 0.416 e. The average Bonchev–Trinajstić information content (AvgIpc) is 3.33. The second kappa shape index (κ2) is 11.9. The first-order valence-electron chi connectivity index (χ1n) is 15.2. The fourth-order valence-electron chi connectivity index (χ4n) is 7.47. The highest BCUT2D eigenvalue weighted by molar-refractivity contribution is 6.42. The van der Waals surface area contributed by atoms with Crippen molar-refractivity contribution >= 4 is 29.3 Å². The highest BCUT2D eigenvalue weighted by Gasteiger charge is 2.52. The summed E-state index contributed by atoms with van der Waals surface area (Å²) in [4.78, 5) is 14.5. The lowest BCUT2D eigenvalue weighted by atomic mass is 9.67. The van der Waals surface area contributed by atoms with E-state index in [1.807, 2.05) is 6.07 Å². The van der Waals surface area contributed by atoms with E-state index in [0.29, 0.717) is 35.7 Å². The molecule has 4 nitrogen and oxygen atoms in total. The zero-order valence-corrected chi connectivity index (χ0v) is 26.4. The lowest BCUT2D eigenvalue weighted by Gasteiger charge is -2.55. The number of carbonyl (C=O) groups excluding carboxylic acids is 1. The molecule has 0 aromatic heterocycles. The van der Waals surface area contributed by atoms with Gasteiger partial charge in [-0.15, -0.1) is 0 Å². The van der Waals surface area contributed by atoms with Crippen LogP contribution in [0.25, 0.3) is 0 Å². The van der Waals surface area contributed by atoms with Crippen molar-refractivity contribution in [2.75, 3.05) is 32.7 Å². The van der Waals surface area contributed by atoms with Crippen LogP contribution in [0.4, 0.5) is 31.1 Å². The average molecular weight is 687 g/mol.